The Morgan fingerprint density at radius 3 is 2.30 bits per heavy atom. The van der Waals surface area contributed by atoms with Crippen LogP contribution in [0.2, 0.25) is 0 Å². The fourth-order valence-electron chi connectivity index (χ4n) is 1.71. The minimum absolute atomic E-state index is 0.0634. The minimum atomic E-state index is -0.0640. The topological polar surface area (TPSA) is 52.7 Å². The number of carbonyl (C=O) groups is 2. The third kappa shape index (κ3) is 5.30. The number of para-hydroxylation sites is 1. The second-order valence-electron chi connectivity index (χ2n) is 4.82. The molecule has 0 aliphatic rings. The van der Waals surface area contributed by atoms with Crippen LogP contribution >= 0.6 is 0 Å². The van der Waals surface area contributed by atoms with Crippen molar-refractivity contribution < 1.29 is 9.59 Å². The molecule has 0 aliphatic heterocycles. The predicted molar refractivity (Wildman–Crippen MR) is 80.5 cm³/mol. The number of nitrogens with zero attached hydrogens (tertiary/aromatic N) is 2. The van der Waals surface area contributed by atoms with Crippen LogP contribution < -0.4 is 5.32 Å². The van der Waals surface area contributed by atoms with Gasteiger partial charge in [-0.05, 0) is 18.6 Å². The van der Waals surface area contributed by atoms with Gasteiger partial charge in [0.05, 0.1) is 13.1 Å². The molecule has 0 aliphatic carbocycles. The van der Waals surface area contributed by atoms with Crippen LogP contribution in [0.3, 0.4) is 0 Å². The van der Waals surface area contributed by atoms with E-state index in [1.165, 1.54) is 4.90 Å². The monoisotopic (exact) mass is 277 g/mol. The van der Waals surface area contributed by atoms with Crippen molar-refractivity contribution in [2.45, 2.75) is 13.3 Å². The van der Waals surface area contributed by atoms with Gasteiger partial charge in [-0.3, -0.25) is 9.59 Å². The highest BCUT2D eigenvalue weighted by Crippen LogP contribution is 2.05. The van der Waals surface area contributed by atoms with E-state index in [1.54, 1.807) is 19.0 Å². The highest BCUT2D eigenvalue weighted by atomic mass is 16.2. The minimum Gasteiger partial charge on any atom is -0.376 e. The summed E-state index contributed by atoms with van der Waals surface area (Å²) in [5.74, 6) is -0.127. The summed E-state index contributed by atoms with van der Waals surface area (Å²) in [6, 6.07) is 9.55. The molecule has 0 atom stereocenters. The lowest BCUT2D eigenvalue weighted by Gasteiger charge is -2.23. The number of anilines is 1. The van der Waals surface area contributed by atoms with Crippen molar-refractivity contribution in [3.63, 3.8) is 0 Å². The van der Waals surface area contributed by atoms with E-state index in [-0.39, 0.29) is 24.9 Å². The van der Waals surface area contributed by atoms with E-state index in [9.17, 15) is 9.59 Å². The van der Waals surface area contributed by atoms with Crippen molar-refractivity contribution in [1.82, 2.24) is 9.80 Å². The quantitative estimate of drug-likeness (QED) is 0.820. The van der Waals surface area contributed by atoms with Crippen LogP contribution in [0.15, 0.2) is 30.3 Å². The Bertz CT molecular complexity index is 432. The summed E-state index contributed by atoms with van der Waals surface area (Å²) in [6.07, 6.45) is 0.831. The van der Waals surface area contributed by atoms with E-state index in [2.05, 4.69) is 5.32 Å². The predicted octanol–water partition coefficient (Wildman–Crippen LogP) is 1.43. The smallest absolute Gasteiger partial charge is 0.242 e. The zero-order chi connectivity index (χ0) is 15.0. The third-order valence-corrected chi connectivity index (χ3v) is 2.89. The molecule has 5 heteroatoms. The molecule has 0 aromatic heterocycles. The average Bonchev–Trinajstić information content (AvgIpc) is 2.45. The molecule has 1 N–H and O–H groups in total. The van der Waals surface area contributed by atoms with Crippen molar-refractivity contribution in [1.29, 1.82) is 0 Å². The molecule has 5 nitrogen and oxygen atoms in total. The summed E-state index contributed by atoms with van der Waals surface area (Å²) < 4.78 is 0. The summed E-state index contributed by atoms with van der Waals surface area (Å²) in [6.45, 7) is 2.92. The normalized spacial score (nSPS) is 9.95. The third-order valence-electron chi connectivity index (χ3n) is 2.89. The molecule has 1 rings (SSSR count). The SMILES string of the molecule is CCCN(CC(=O)N(C)C)C(=O)CNc1ccccc1. The number of likely N-dealkylation sites (N-methyl/N-ethyl adjacent to an activating group) is 1. The van der Waals surface area contributed by atoms with Gasteiger partial charge in [-0.2, -0.15) is 0 Å². The van der Waals surface area contributed by atoms with Gasteiger partial charge in [0.15, 0.2) is 0 Å². The van der Waals surface area contributed by atoms with Crippen LogP contribution in [0.25, 0.3) is 0 Å². The van der Waals surface area contributed by atoms with Crippen molar-refractivity contribution in [2.24, 2.45) is 0 Å². The van der Waals surface area contributed by atoms with E-state index in [0.717, 1.165) is 12.1 Å². The van der Waals surface area contributed by atoms with Gasteiger partial charge in [0.25, 0.3) is 0 Å². The maximum Gasteiger partial charge on any atom is 0.242 e. The molecule has 0 heterocycles. The van der Waals surface area contributed by atoms with Crippen molar-refractivity contribution >= 4 is 17.5 Å². The molecule has 0 fully saturated rings. The van der Waals surface area contributed by atoms with Gasteiger partial charge in [0, 0.05) is 26.3 Å². The second-order valence-corrected chi connectivity index (χ2v) is 4.82. The zero-order valence-electron chi connectivity index (χ0n) is 12.4. The van der Waals surface area contributed by atoms with E-state index < -0.39 is 0 Å². The summed E-state index contributed by atoms with van der Waals surface area (Å²) in [5, 5.41) is 3.07. The van der Waals surface area contributed by atoms with Crippen LogP contribution in [0, 0.1) is 0 Å². The van der Waals surface area contributed by atoms with Crippen LogP contribution in [-0.4, -0.2) is 55.3 Å². The van der Waals surface area contributed by atoms with Gasteiger partial charge >= 0.3 is 0 Å². The van der Waals surface area contributed by atoms with Crippen molar-refractivity contribution in [3.8, 4) is 0 Å². The molecule has 0 bridgehead atoms. The Morgan fingerprint density at radius 2 is 1.75 bits per heavy atom. The van der Waals surface area contributed by atoms with E-state index in [0.29, 0.717) is 6.54 Å². The second kappa shape index (κ2) is 8.19. The number of nitrogens with one attached hydrogen (secondary N) is 1. The highest BCUT2D eigenvalue weighted by molar-refractivity contribution is 5.86. The fourth-order valence-corrected chi connectivity index (χ4v) is 1.71. The molecular formula is C15H23N3O2. The Morgan fingerprint density at radius 1 is 1.10 bits per heavy atom. The van der Waals surface area contributed by atoms with E-state index >= 15 is 0 Å². The lowest BCUT2D eigenvalue weighted by Crippen LogP contribution is -2.43. The van der Waals surface area contributed by atoms with Gasteiger partial charge in [0.2, 0.25) is 11.8 Å². The lowest BCUT2D eigenvalue weighted by molar-refractivity contribution is -0.138. The van der Waals surface area contributed by atoms with Crippen LogP contribution in [0.1, 0.15) is 13.3 Å². The Kier molecular flexibility index (Phi) is 6.56. The number of rotatable bonds is 7. The largest absolute Gasteiger partial charge is 0.376 e. The maximum absolute atomic E-state index is 12.2. The first kappa shape index (κ1) is 16.0. The van der Waals surface area contributed by atoms with Crippen molar-refractivity contribution in [2.75, 3.05) is 39.0 Å². The molecular weight excluding hydrogens is 254 g/mol. The number of carbonyl (C=O) groups excluding carboxylic acids is 2. The highest BCUT2D eigenvalue weighted by Gasteiger charge is 2.17. The Labute approximate surface area is 120 Å². The van der Waals surface area contributed by atoms with E-state index in [1.807, 2.05) is 37.3 Å². The standard InChI is InChI=1S/C15H23N3O2/c1-4-10-18(12-15(20)17(2)3)14(19)11-16-13-8-6-5-7-9-13/h5-9,16H,4,10-12H2,1-3H3. The van der Waals surface area contributed by atoms with Crippen LogP contribution in [0.4, 0.5) is 5.69 Å². The van der Waals surface area contributed by atoms with E-state index in [4.69, 9.17) is 0 Å². The summed E-state index contributed by atoms with van der Waals surface area (Å²) in [5.41, 5.74) is 0.899. The fraction of sp³-hybridized carbons (Fsp3) is 0.467. The molecule has 0 radical (unpaired) electrons. The molecule has 0 spiro atoms. The van der Waals surface area contributed by atoms with Crippen molar-refractivity contribution in [3.05, 3.63) is 30.3 Å². The molecule has 0 saturated carbocycles. The first-order valence-electron chi connectivity index (χ1n) is 6.81. The molecule has 1 aromatic carbocycles. The Balaban J connectivity index is 2.53. The number of benzene rings is 1. The van der Waals surface area contributed by atoms with Crippen LogP contribution in [-0.2, 0) is 9.59 Å². The first-order valence-corrected chi connectivity index (χ1v) is 6.81. The van der Waals surface area contributed by atoms with Gasteiger partial charge in [0.1, 0.15) is 0 Å². The summed E-state index contributed by atoms with van der Waals surface area (Å²) in [4.78, 5) is 27.0. The van der Waals surface area contributed by atoms with Gasteiger partial charge in [-0.25, -0.2) is 0 Å². The average molecular weight is 277 g/mol. The number of hydrogen-bond acceptors (Lipinski definition) is 3. The first-order chi connectivity index (χ1) is 9.54. The summed E-state index contributed by atoms with van der Waals surface area (Å²) >= 11 is 0. The van der Waals surface area contributed by atoms with Gasteiger partial charge in [-0.15, -0.1) is 0 Å². The number of amides is 2. The molecule has 2 amide bonds. The maximum atomic E-state index is 12.2. The zero-order valence-corrected chi connectivity index (χ0v) is 12.4. The molecule has 0 unspecified atom stereocenters. The Hall–Kier alpha value is -2.04. The van der Waals surface area contributed by atoms with Gasteiger partial charge in [-0.1, -0.05) is 25.1 Å². The molecule has 20 heavy (non-hydrogen) atoms. The lowest BCUT2D eigenvalue weighted by atomic mass is 10.3. The number of hydrogen-bond donors (Lipinski definition) is 1. The molecule has 0 saturated heterocycles. The summed E-state index contributed by atoms with van der Waals surface area (Å²) in [7, 11) is 3.39. The van der Waals surface area contributed by atoms with Crippen LogP contribution in [0.5, 0.6) is 0 Å². The molecule has 1 aromatic rings. The molecule has 110 valence electrons. The van der Waals surface area contributed by atoms with Gasteiger partial charge < -0.3 is 15.1 Å².